The average molecular weight is 276 g/mol. The number of ether oxygens (including phenoxy) is 1. The van der Waals surface area contributed by atoms with Gasteiger partial charge < -0.3 is 19.8 Å². The van der Waals surface area contributed by atoms with Gasteiger partial charge in [0.05, 0.1) is 18.8 Å². The summed E-state index contributed by atoms with van der Waals surface area (Å²) in [7, 11) is 1.62. The molecule has 2 aromatic rings. The maximum Gasteiger partial charge on any atom is 0.320 e. The van der Waals surface area contributed by atoms with E-state index in [-0.39, 0.29) is 6.04 Å². The van der Waals surface area contributed by atoms with Crippen molar-refractivity contribution in [1.29, 1.82) is 0 Å². The molecule has 20 heavy (non-hydrogen) atoms. The zero-order valence-electron chi connectivity index (χ0n) is 12.0. The summed E-state index contributed by atoms with van der Waals surface area (Å²) in [5.41, 5.74) is 0.791. The number of hydrogen-bond donors (Lipinski definition) is 2. The topological polar surface area (TPSA) is 72.2 Å². The number of para-hydroxylation sites is 2. The highest BCUT2D eigenvalue weighted by molar-refractivity contribution is 5.61. The van der Waals surface area contributed by atoms with Crippen molar-refractivity contribution in [2.75, 3.05) is 19.0 Å². The van der Waals surface area contributed by atoms with Crippen molar-refractivity contribution in [1.82, 2.24) is 15.5 Å². The number of hydrogen-bond acceptors (Lipinski definition) is 6. The Balaban J connectivity index is 2.05. The van der Waals surface area contributed by atoms with Crippen LogP contribution in [0.3, 0.4) is 0 Å². The van der Waals surface area contributed by atoms with Crippen molar-refractivity contribution in [2.45, 2.75) is 26.3 Å². The highest BCUT2D eigenvalue weighted by atomic mass is 16.5. The van der Waals surface area contributed by atoms with Crippen LogP contribution in [-0.4, -0.2) is 23.9 Å². The van der Waals surface area contributed by atoms with E-state index in [0.29, 0.717) is 11.9 Å². The fraction of sp³-hybridized carbons (Fsp3) is 0.429. The molecule has 0 saturated heterocycles. The third-order valence-corrected chi connectivity index (χ3v) is 2.86. The van der Waals surface area contributed by atoms with Crippen LogP contribution < -0.4 is 15.4 Å². The number of aromatic nitrogens is 2. The normalized spacial score (nSPS) is 12.2. The minimum Gasteiger partial charge on any atom is -0.495 e. The van der Waals surface area contributed by atoms with Crippen molar-refractivity contribution in [2.24, 2.45) is 0 Å². The first-order valence-electron chi connectivity index (χ1n) is 6.71. The van der Waals surface area contributed by atoms with E-state index in [0.717, 1.165) is 24.4 Å². The maximum absolute atomic E-state index is 5.59. The molecule has 0 saturated carbocycles. The second-order valence-corrected chi connectivity index (χ2v) is 4.45. The molecule has 108 valence electrons. The largest absolute Gasteiger partial charge is 0.495 e. The number of nitrogens with zero attached hydrogens (tertiary/aromatic N) is 2. The Hall–Kier alpha value is -2.08. The van der Waals surface area contributed by atoms with Gasteiger partial charge in [-0.2, -0.15) is 0 Å². The molecule has 1 unspecified atom stereocenters. The molecule has 2 N–H and O–H groups in total. The Morgan fingerprint density at radius 1 is 1.30 bits per heavy atom. The first kappa shape index (κ1) is 14.3. The Kier molecular flexibility index (Phi) is 4.95. The van der Waals surface area contributed by atoms with Gasteiger partial charge in [-0.05, 0) is 32.0 Å². The second kappa shape index (κ2) is 6.91. The maximum atomic E-state index is 5.59. The summed E-state index contributed by atoms with van der Waals surface area (Å²) in [4.78, 5) is 0. The predicted octanol–water partition coefficient (Wildman–Crippen LogP) is 2.88. The summed E-state index contributed by atoms with van der Waals surface area (Å²) in [6, 6.07) is 7.96. The lowest BCUT2D eigenvalue weighted by atomic mass is 10.3. The van der Waals surface area contributed by atoms with E-state index in [2.05, 4.69) is 27.8 Å². The van der Waals surface area contributed by atoms with Crippen molar-refractivity contribution >= 4 is 11.7 Å². The minimum atomic E-state index is 0.0377. The van der Waals surface area contributed by atoms with E-state index in [1.807, 2.05) is 31.2 Å². The quantitative estimate of drug-likeness (QED) is 0.810. The predicted molar refractivity (Wildman–Crippen MR) is 77.3 cm³/mol. The van der Waals surface area contributed by atoms with Crippen LogP contribution in [0.5, 0.6) is 5.75 Å². The van der Waals surface area contributed by atoms with Gasteiger partial charge in [0, 0.05) is 0 Å². The smallest absolute Gasteiger partial charge is 0.320 e. The van der Waals surface area contributed by atoms with Gasteiger partial charge in [0.25, 0.3) is 0 Å². The molecule has 0 spiro atoms. The van der Waals surface area contributed by atoms with Gasteiger partial charge in [-0.15, -0.1) is 5.10 Å². The van der Waals surface area contributed by atoms with E-state index in [4.69, 9.17) is 9.15 Å². The van der Waals surface area contributed by atoms with E-state index >= 15 is 0 Å². The van der Waals surface area contributed by atoms with Gasteiger partial charge in [-0.3, -0.25) is 0 Å². The van der Waals surface area contributed by atoms with Crippen LogP contribution in [0.4, 0.5) is 11.7 Å². The van der Waals surface area contributed by atoms with Crippen LogP contribution in [0.2, 0.25) is 0 Å². The fourth-order valence-electron chi connectivity index (χ4n) is 1.77. The van der Waals surface area contributed by atoms with Crippen molar-refractivity contribution in [3.8, 4) is 5.75 Å². The molecule has 0 aliphatic heterocycles. The van der Waals surface area contributed by atoms with Gasteiger partial charge >= 0.3 is 6.01 Å². The molecule has 0 aliphatic rings. The zero-order valence-corrected chi connectivity index (χ0v) is 12.0. The van der Waals surface area contributed by atoms with Crippen molar-refractivity contribution in [3.63, 3.8) is 0 Å². The first-order chi connectivity index (χ1) is 9.74. The van der Waals surface area contributed by atoms with Crippen molar-refractivity contribution < 1.29 is 9.15 Å². The Morgan fingerprint density at radius 3 is 2.85 bits per heavy atom. The van der Waals surface area contributed by atoms with E-state index in [1.165, 1.54) is 0 Å². The summed E-state index contributed by atoms with van der Waals surface area (Å²) in [5, 5.41) is 14.4. The molecule has 0 aliphatic carbocycles. The molecule has 0 amide bonds. The molecule has 1 aromatic carbocycles. The number of nitrogens with one attached hydrogen (secondary N) is 2. The Labute approximate surface area is 118 Å². The molecule has 0 fully saturated rings. The van der Waals surface area contributed by atoms with Crippen LogP contribution in [0, 0.1) is 0 Å². The average Bonchev–Trinajstić information content (AvgIpc) is 2.94. The van der Waals surface area contributed by atoms with Crippen LogP contribution in [0.1, 0.15) is 32.2 Å². The molecular weight excluding hydrogens is 256 g/mol. The highest BCUT2D eigenvalue weighted by Crippen LogP contribution is 2.26. The minimum absolute atomic E-state index is 0.0377. The summed E-state index contributed by atoms with van der Waals surface area (Å²) in [6.07, 6.45) is 1.06. The summed E-state index contributed by atoms with van der Waals surface area (Å²) in [6.45, 7) is 5.02. The molecular formula is C14H20N4O2. The first-order valence-corrected chi connectivity index (χ1v) is 6.71. The second-order valence-electron chi connectivity index (χ2n) is 4.45. The van der Waals surface area contributed by atoms with Crippen LogP contribution in [-0.2, 0) is 0 Å². The van der Waals surface area contributed by atoms with E-state index in [9.17, 15) is 0 Å². The standard InChI is InChI=1S/C14H20N4O2/c1-4-9-15-10(2)13-17-18-14(20-13)16-11-7-5-6-8-12(11)19-3/h5-8,10,15H,4,9H2,1-3H3,(H,16,18). The van der Waals surface area contributed by atoms with Gasteiger partial charge in [-0.25, -0.2) is 0 Å². The van der Waals surface area contributed by atoms with E-state index in [1.54, 1.807) is 7.11 Å². The molecule has 6 nitrogen and oxygen atoms in total. The lowest BCUT2D eigenvalue weighted by molar-refractivity contribution is 0.414. The molecule has 1 aromatic heterocycles. The monoisotopic (exact) mass is 276 g/mol. The number of rotatable bonds is 7. The molecule has 6 heteroatoms. The Bertz CT molecular complexity index is 541. The fourth-order valence-corrected chi connectivity index (χ4v) is 1.77. The lowest BCUT2D eigenvalue weighted by Gasteiger charge is -2.08. The molecule has 2 rings (SSSR count). The molecule has 1 atom stereocenters. The number of methoxy groups -OCH3 is 1. The third-order valence-electron chi connectivity index (χ3n) is 2.86. The summed E-state index contributed by atoms with van der Waals surface area (Å²) < 4.78 is 10.9. The SMILES string of the molecule is CCCNC(C)c1nnc(Nc2ccccc2OC)o1. The van der Waals surface area contributed by atoms with Gasteiger partial charge in [0.2, 0.25) is 5.89 Å². The summed E-state index contributed by atoms with van der Waals surface area (Å²) in [5.74, 6) is 1.29. The molecule has 1 heterocycles. The lowest BCUT2D eigenvalue weighted by Crippen LogP contribution is -2.19. The zero-order chi connectivity index (χ0) is 14.4. The molecule has 0 bridgehead atoms. The summed E-state index contributed by atoms with van der Waals surface area (Å²) >= 11 is 0. The third kappa shape index (κ3) is 3.48. The van der Waals surface area contributed by atoms with Crippen LogP contribution in [0.25, 0.3) is 0 Å². The van der Waals surface area contributed by atoms with Crippen molar-refractivity contribution in [3.05, 3.63) is 30.2 Å². The van der Waals surface area contributed by atoms with Gasteiger partial charge in [0.15, 0.2) is 0 Å². The Morgan fingerprint density at radius 2 is 2.10 bits per heavy atom. The number of anilines is 2. The molecule has 0 radical (unpaired) electrons. The van der Waals surface area contributed by atoms with Gasteiger partial charge in [0.1, 0.15) is 5.75 Å². The number of benzene rings is 1. The van der Waals surface area contributed by atoms with Gasteiger partial charge in [-0.1, -0.05) is 24.2 Å². The van der Waals surface area contributed by atoms with Crippen LogP contribution in [0.15, 0.2) is 28.7 Å². The highest BCUT2D eigenvalue weighted by Gasteiger charge is 2.14. The van der Waals surface area contributed by atoms with E-state index < -0.39 is 0 Å². The van der Waals surface area contributed by atoms with Crippen LogP contribution >= 0.6 is 0 Å².